The summed E-state index contributed by atoms with van der Waals surface area (Å²) >= 11 is 5.78. The third-order valence-corrected chi connectivity index (χ3v) is 1.76. The summed E-state index contributed by atoms with van der Waals surface area (Å²) < 4.78 is 0. The maximum Gasteiger partial charge on any atom is 0.227 e. The molecule has 0 heterocycles. The van der Waals surface area contributed by atoms with Crippen LogP contribution in [0.5, 0.6) is 0 Å². The third-order valence-electron chi connectivity index (χ3n) is 1.53. The van der Waals surface area contributed by atoms with E-state index in [2.05, 4.69) is 10.5 Å². The Bertz CT molecular complexity index is 336. The molecule has 0 bridgehead atoms. The molecule has 1 aromatic rings. The summed E-state index contributed by atoms with van der Waals surface area (Å²) in [5, 5.41) is 4.45. The Morgan fingerprint density at radius 3 is 3.00 bits per heavy atom. The highest BCUT2D eigenvalue weighted by Gasteiger charge is 1.96. The highest BCUT2D eigenvalue weighted by atomic mass is 35.5. The van der Waals surface area contributed by atoms with Crippen LogP contribution < -0.4 is 5.43 Å². The molecule has 1 aromatic carbocycles. The summed E-state index contributed by atoms with van der Waals surface area (Å²) in [6, 6.07) is 7.27. The lowest BCUT2D eigenvalue weighted by atomic mass is 10.1. The highest BCUT2D eigenvalue weighted by molar-refractivity contribution is 6.31. The van der Waals surface area contributed by atoms with Gasteiger partial charge in [-0.25, -0.2) is 5.43 Å². The van der Waals surface area contributed by atoms with Gasteiger partial charge in [0.1, 0.15) is 0 Å². The Balaban J connectivity index is 2.88. The lowest BCUT2D eigenvalue weighted by molar-refractivity contribution is -0.109. The second kappa shape index (κ2) is 4.62. The molecular formula is C9H9ClN2O. The number of nitrogens with one attached hydrogen (secondary N) is 1. The van der Waals surface area contributed by atoms with Crippen molar-refractivity contribution in [1.29, 1.82) is 0 Å². The molecule has 1 rings (SSSR count). The third kappa shape index (κ3) is 2.87. The highest BCUT2D eigenvalue weighted by Crippen LogP contribution is 2.10. The van der Waals surface area contributed by atoms with E-state index >= 15 is 0 Å². The molecule has 1 N–H and O–H groups in total. The van der Waals surface area contributed by atoms with Crippen LogP contribution in [0.3, 0.4) is 0 Å². The average molecular weight is 197 g/mol. The first-order valence-corrected chi connectivity index (χ1v) is 4.11. The zero-order valence-corrected chi connectivity index (χ0v) is 7.88. The van der Waals surface area contributed by atoms with Crippen LogP contribution in [-0.2, 0) is 4.79 Å². The molecule has 0 spiro atoms. The molecular weight excluding hydrogens is 188 g/mol. The summed E-state index contributed by atoms with van der Waals surface area (Å²) in [6.07, 6.45) is 0.522. The lowest BCUT2D eigenvalue weighted by Crippen LogP contribution is -2.06. The number of carbonyl (C=O) groups excluding carboxylic acids is 1. The van der Waals surface area contributed by atoms with Crippen molar-refractivity contribution in [3.63, 3.8) is 0 Å². The van der Waals surface area contributed by atoms with Gasteiger partial charge in [-0.2, -0.15) is 5.10 Å². The molecule has 13 heavy (non-hydrogen) atoms. The van der Waals surface area contributed by atoms with E-state index in [-0.39, 0.29) is 0 Å². The standard InChI is InChI=1S/C9H9ClN2O/c1-7(12-11-6-13)8-3-2-4-9(10)5-8/h2-6H,1H3,(H,11,13)/b12-7-. The lowest BCUT2D eigenvalue weighted by Gasteiger charge is -1.99. The van der Waals surface area contributed by atoms with Gasteiger partial charge in [0.25, 0.3) is 0 Å². The quantitative estimate of drug-likeness (QED) is 0.447. The molecule has 0 aliphatic rings. The van der Waals surface area contributed by atoms with Gasteiger partial charge in [-0.05, 0) is 24.6 Å². The summed E-state index contributed by atoms with van der Waals surface area (Å²) in [5.74, 6) is 0. The fourth-order valence-electron chi connectivity index (χ4n) is 0.901. The molecule has 0 unspecified atom stereocenters. The predicted octanol–water partition coefficient (Wildman–Crippen LogP) is 1.81. The van der Waals surface area contributed by atoms with Gasteiger partial charge >= 0.3 is 0 Å². The number of halogens is 1. The van der Waals surface area contributed by atoms with Crippen molar-refractivity contribution in [2.45, 2.75) is 6.92 Å². The Morgan fingerprint density at radius 1 is 1.62 bits per heavy atom. The largest absolute Gasteiger partial charge is 0.277 e. The summed E-state index contributed by atoms with van der Waals surface area (Å²) in [6.45, 7) is 1.79. The minimum atomic E-state index is 0.522. The van der Waals surface area contributed by atoms with E-state index in [0.717, 1.165) is 11.3 Å². The van der Waals surface area contributed by atoms with Crippen LogP contribution in [0, 0.1) is 0 Å². The molecule has 0 atom stereocenters. The van der Waals surface area contributed by atoms with E-state index in [9.17, 15) is 4.79 Å². The van der Waals surface area contributed by atoms with Gasteiger partial charge < -0.3 is 0 Å². The predicted molar refractivity (Wildman–Crippen MR) is 52.9 cm³/mol. The smallest absolute Gasteiger partial charge is 0.227 e. The van der Waals surface area contributed by atoms with Gasteiger partial charge in [-0.1, -0.05) is 23.7 Å². The van der Waals surface area contributed by atoms with Gasteiger partial charge in [0.2, 0.25) is 6.41 Å². The molecule has 3 nitrogen and oxygen atoms in total. The van der Waals surface area contributed by atoms with Crippen molar-refractivity contribution in [2.24, 2.45) is 5.10 Å². The molecule has 0 saturated carbocycles. The SMILES string of the molecule is C/C(=N/NC=O)c1cccc(Cl)c1. The van der Waals surface area contributed by atoms with Crippen LogP contribution in [0.25, 0.3) is 0 Å². The van der Waals surface area contributed by atoms with Crippen molar-refractivity contribution in [2.75, 3.05) is 0 Å². The zero-order chi connectivity index (χ0) is 9.68. The number of benzene rings is 1. The molecule has 0 saturated heterocycles. The summed E-state index contributed by atoms with van der Waals surface area (Å²) in [4.78, 5) is 9.96. The molecule has 68 valence electrons. The Kier molecular flexibility index (Phi) is 3.46. The fraction of sp³-hybridized carbons (Fsp3) is 0.111. The van der Waals surface area contributed by atoms with Gasteiger partial charge in [0.15, 0.2) is 0 Å². The normalized spacial score (nSPS) is 11.1. The number of hydrazone groups is 1. The second-order valence-electron chi connectivity index (χ2n) is 2.45. The van der Waals surface area contributed by atoms with E-state index in [1.165, 1.54) is 0 Å². The second-order valence-corrected chi connectivity index (χ2v) is 2.89. The van der Waals surface area contributed by atoms with Gasteiger partial charge in [0.05, 0.1) is 5.71 Å². The Hall–Kier alpha value is -1.35. The molecule has 0 fully saturated rings. The van der Waals surface area contributed by atoms with Crippen LogP contribution in [0.15, 0.2) is 29.4 Å². The number of hydrogen-bond acceptors (Lipinski definition) is 2. The van der Waals surface area contributed by atoms with Crippen molar-refractivity contribution in [3.8, 4) is 0 Å². The Morgan fingerprint density at radius 2 is 2.38 bits per heavy atom. The van der Waals surface area contributed by atoms with E-state index < -0.39 is 0 Å². The molecule has 0 aliphatic carbocycles. The van der Waals surface area contributed by atoms with E-state index in [0.29, 0.717) is 11.4 Å². The van der Waals surface area contributed by atoms with Crippen LogP contribution in [-0.4, -0.2) is 12.1 Å². The van der Waals surface area contributed by atoms with E-state index in [1.54, 1.807) is 19.1 Å². The minimum Gasteiger partial charge on any atom is -0.277 e. The molecule has 0 radical (unpaired) electrons. The van der Waals surface area contributed by atoms with Gasteiger partial charge in [-0.15, -0.1) is 0 Å². The average Bonchev–Trinajstić information content (AvgIpc) is 2.14. The molecule has 0 aliphatic heterocycles. The van der Waals surface area contributed by atoms with Gasteiger partial charge in [-0.3, -0.25) is 4.79 Å². The van der Waals surface area contributed by atoms with Crippen molar-refractivity contribution in [1.82, 2.24) is 5.43 Å². The fourth-order valence-corrected chi connectivity index (χ4v) is 1.09. The van der Waals surface area contributed by atoms with Crippen LogP contribution in [0.4, 0.5) is 0 Å². The molecule has 1 amide bonds. The van der Waals surface area contributed by atoms with Crippen molar-refractivity contribution >= 4 is 23.7 Å². The number of amides is 1. The number of nitrogens with zero attached hydrogens (tertiary/aromatic N) is 1. The minimum absolute atomic E-state index is 0.522. The topological polar surface area (TPSA) is 41.5 Å². The number of rotatable bonds is 3. The Labute approximate surface area is 81.4 Å². The summed E-state index contributed by atoms with van der Waals surface area (Å²) in [7, 11) is 0. The van der Waals surface area contributed by atoms with Crippen LogP contribution in [0.1, 0.15) is 12.5 Å². The van der Waals surface area contributed by atoms with E-state index in [1.807, 2.05) is 12.1 Å². The van der Waals surface area contributed by atoms with Crippen LogP contribution >= 0.6 is 11.6 Å². The maximum absolute atomic E-state index is 9.96. The molecule has 0 aromatic heterocycles. The summed E-state index contributed by atoms with van der Waals surface area (Å²) in [5.41, 5.74) is 3.84. The monoisotopic (exact) mass is 196 g/mol. The number of hydrogen-bond donors (Lipinski definition) is 1. The van der Waals surface area contributed by atoms with Crippen molar-refractivity contribution in [3.05, 3.63) is 34.9 Å². The van der Waals surface area contributed by atoms with Crippen molar-refractivity contribution < 1.29 is 4.79 Å². The first-order valence-electron chi connectivity index (χ1n) is 3.73. The van der Waals surface area contributed by atoms with Crippen LogP contribution in [0.2, 0.25) is 5.02 Å². The maximum atomic E-state index is 9.96. The zero-order valence-electron chi connectivity index (χ0n) is 7.12. The number of carbonyl (C=O) groups is 1. The first kappa shape index (κ1) is 9.74. The molecule has 4 heteroatoms. The van der Waals surface area contributed by atoms with E-state index in [4.69, 9.17) is 11.6 Å². The van der Waals surface area contributed by atoms with Gasteiger partial charge in [0, 0.05) is 5.02 Å². The first-order chi connectivity index (χ1) is 6.24.